The van der Waals surface area contributed by atoms with Crippen LogP contribution >= 0.6 is 22.9 Å². The van der Waals surface area contributed by atoms with E-state index < -0.39 is 0 Å². The van der Waals surface area contributed by atoms with Crippen LogP contribution in [0.3, 0.4) is 0 Å². The minimum atomic E-state index is -0.346. The number of carbonyl (C=O) groups excluding carboxylic acids is 1. The van der Waals surface area contributed by atoms with Gasteiger partial charge in [-0.15, -0.1) is 11.3 Å². The summed E-state index contributed by atoms with van der Waals surface area (Å²) in [6, 6.07) is 7.60. The number of nitrogens with zero attached hydrogens (tertiary/aromatic N) is 4. The van der Waals surface area contributed by atoms with E-state index in [1.165, 1.54) is 6.20 Å². The SMILES string of the molecule is O=C(c1cn[nH]c1Cl)N1CCc2[nH]cnc2[C@H]1c1nc2ccccc2s1. The maximum atomic E-state index is 13.1. The van der Waals surface area contributed by atoms with Gasteiger partial charge in [0.15, 0.2) is 0 Å². The molecule has 1 aliphatic rings. The van der Waals surface area contributed by atoms with E-state index in [-0.39, 0.29) is 17.1 Å². The number of halogens is 1. The lowest BCUT2D eigenvalue weighted by molar-refractivity contribution is 0.0691. The Hall–Kier alpha value is -2.71. The van der Waals surface area contributed by atoms with Crippen LogP contribution in [0, 0.1) is 0 Å². The number of carbonyl (C=O) groups is 1. The third-order valence-corrected chi connectivity index (χ3v) is 5.93. The van der Waals surface area contributed by atoms with Crippen LogP contribution in [0.15, 0.2) is 36.8 Å². The summed E-state index contributed by atoms with van der Waals surface area (Å²) in [6.45, 7) is 0.552. The molecular formula is C17H13ClN6OS. The Morgan fingerprint density at radius 1 is 1.35 bits per heavy atom. The van der Waals surface area contributed by atoms with E-state index in [1.54, 1.807) is 22.6 Å². The third kappa shape index (κ3) is 2.33. The summed E-state index contributed by atoms with van der Waals surface area (Å²) in [5.74, 6) is -0.179. The molecule has 26 heavy (non-hydrogen) atoms. The summed E-state index contributed by atoms with van der Waals surface area (Å²) < 4.78 is 1.08. The van der Waals surface area contributed by atoms with E-state index >= 15 is 0 Å². The molecule has 4 heterocycles. The van der Waals surface area contributed by atoms with Crippen molar-refractivity contribution >= 4 is 39.1 Å². The number of aromatic nitrogens is 5. The number of para-hydroxylation sites is 1. The van der Waals surface area contributed by atoms with Crippen LogP contribution < -0.4 is 0 Å². The number of H-pyrrole nitrogens is 2. The van der Waals surface area contributed by atoms with E-state index in [4.69, 9.17) is 16.6 Å². The molecule has 1 amide bonds. The summed E-state index contributed by atoms with van der Waals surface area (Å²) in [5, 5.41) is 7.56. The molecule has 130 valence electrons. The van der Waals surface area contributed by atoms with Crippen LogP contribution in [0.2, 0.25) is 5.15 Å². The van der Waals surface area contributed by atoms with Crippen molar-refractivity contribution < 1.29 is 4.79 Å². The lowest BCUT2D eigenvalue weighted by atomic mass is 10.0. The van der Waals surface area contributed by atoms with E-state index in [1.807, 2.05) is 24.3 Å². The molecular weight excluding hydrogens is 372 g/mol. The molecule has 1 aliphatic heterocycles. The first-order valence-corrected chi connectivity index (χ1v) is 9.29. The normalized spacial score (nSPS) is 16.8. The molecule has 0 unspecified atom stereocenters. The Morgan fingerprint density at radius 3 is 3.04 bits per heavy atom. The largest absolute Gasteiger partial charge is 0.348 e. The van der Waals surface area contributed by atoms with Crippen LogP contribution in [0.4, 0.5) is 0 Å². The number of nitrogens with one attached hydrogen (secondary N) is 2. The van der Waals surface area contributed by atoms with Crippen molar-refractivity contribution in [2.24, 2.45) is 0 Å². The minimum absolute atomic E-state index is 0.179. The molecule has 1 aromatic carbocycles. The second kappa shape index (κ2) is 5.93. The van der Waals surface area contributed by atoms with Gasteiger partial charge in [-0.2, -0.15) is 5.10 Å². The topological polar surface area (TPSA) is 90.6 Å². The number of fused-ring (bicyclic) bond motifs is 2. The first-order valence-electron chi connectivity index (χ1n) is 8.10. The van der Waals surface area contributed by atoms with Gasteiger partial charge in [-0.1, -0.05) is 23.7 Å². The lowest BCUT2D eigenvalue weighted by Crippen LogP contribution is -2.40. The smallest absolute Gasteiger partial charge is 0.259 e. The molecule has 0 radical (unpaired) electrons. The molecule has 0 bridgehead atoms. The van der Waals surface area contributed by atoms with E-state index in [0.717, 1.165) is 26.6 Å². The van der Waals surface area contributed by atoms with E-state index in [0.29, 0.717) is 18.5 Å². The van der Waals surface area contributed by atoms with Crippen molar-refractivity contribution in [3.05, 3.63) is 63.9 Å². The van der Waals surface area contributed by atoms with Crippen LogP contribution in [-0.2, 0) is 6.42 Å². The van der Waals surface area contributed by atoms with Crippen LogP contribution in [-0.4, -0.2) is 42.5 Å². The molecule has 3 aromatic heterocycles. The zero-order valence-corrected chi connectivity index (χ0v) is 15.0. The van der Waals surface area contributed by atoms with Crippen molar-refractivity contribution in [3.8, 4) is 0 Å². The van der Waals surface area contributed by atoms with Gasteiger partial charge in [0.25, 0.3) is 5.91 Å². The number of amides is 1. The average molecular weight is 385 g/mol. The Kier molecular flexibility index (Phi) is 3.54. The maximum absolute atomic E-state index is 13.1. The number of imidazole rings is 1. The first-order chi connectivity index (χ1) is 12.7. The molecule has 7 nitrogen and oxygen atoms in total. The third-order valence-electron chi connectivity index (χ3n) is 4.55. The highest BCUT2D eigenvalue weighted by molar-refractivity contribution is 7.18. The number of thiazole rings is 1. The van der Waals surface area contributed by atoms with Crippen molar-refractivity contribution in [2.45, 2.75) is 12.5 Å². The highest BCUT2D eigenvalue weighted by Gasteiger charge is 2.37. The van der Waals surface area contributed by atoms with Crippen molar-refractivity contribution in [1.82, 2.24) is 30.0 Å². The van der Waals surface area contributed by atoms with Gasteiger partial charge in [0.2, 0.25) is 0 Å². The van der Waals surface area contributed by atoms with E-state index in [2.05, 4.69) is 20.2 Å². The summed E-state index contributed by atoms with van der Waals surface area (Å²) in [4.78, 5) is 27.3. The highest BCUT2D eigenvalue weighted by Crippen LogP contribution is 2.38. The summed E-state index contributed by atoms with van der Waals surface area (Å²) in [5.41, 5.74) is 3.15. The molecule has 4 aromatic rings. The van der Waals surface area contributed by atoms with Gasteiger partial charge in [-0.3, -0.25) is 9.89 Å². The summed E-state index contributed by atoms with van der Waals surface area (Å²) in [6.07, 6.45) is 3.84. The van der Waals surface area contributed by atoms with Crippen LogP contribution in [0.1, 0.15) is 32.8 Å². The van der Waals surface area contributed by atoms with Gasteiger partial charge in [0.05, 0.1) is 34.0 Å². The second-order valence-electron chi connectivity index (χ2n) is 6.03. The predicted octanol–water partition coefficient (Wildman–Crippen LogP) is 3.18. The molecule has 1 atom stereocenters. The fourth-order valence-electron chi connectivity index (χ4n) is 3.33. The monoisotopic (exact) mass is 384 g/mol. The number of hydrogen-bond acceptors (Lipinski definition) is 5. The van der Waals surface area contributed by atoms with Crippen molar-refractivity contribution in [3.63, 3.8) is 0 Å². The fourth-order valence-corrected chi connectivity index (χ4v) is 4.59. The van der Waals surface area contributed by atoms with Crippen LogP contribution in [0.5, 0.6) is 0 Å². The minimum Gasteiger partial charge on any atom is -0.348 e. The molecule has 5 rings (SSSR count). The molecule has 0 spiro atoms. The molecule has 0 aliphatic carbocycles. The first kappa shape index (κ1) is 15.5. The lowest BCUT2D eigenvalue weighted by Gasteiger charge is -2.33. The van der Waals surface area contributed by atoms with E-state index in [9.17, 15) is 4.79 Å². The van der Waals surface area contributed by atoms with Gasteiger partial charge in [-0.25, -0.2) is 9.97 Å². The Bertz CT molecular complexity index is 1080. The average Bonchev–Trinajstić information content (AvgIpc) is 3.38. The van der Waals surface area contributed by atoms with Crippen molar-refractivity contribution in [1.29, 1.82) is 0 Å². The zero-order valence-electron chi connectivity index (χ0n) is 13.4. The number of rotatable bonds is 2. The highest BCUT2D eigenvalue weighted by atomic mass is 35.5. The van der Waals surface area contributed by atoms with Gasteiger partial charge in [0, 0.05) is 18.7 Å². The Labute approximate surface area is 157 Å². The van der Waals surface area contributed by atoms with Crippen LogP contribution in [0.25, 0.3) is 10.2 Å². The maximum Gasteiger partial charge on any atom is 0.259 e. The zero-order chi connectivity index (χ0) is 17.7. The number of aromatic amines is 2. The van der Waals surface area contributed by atoms with Gasteiger partial charge in [-0.05, 0) is 12.1 Å². The van der Waals surface area contributed by atoms with Gasteiger partial charge >= 0.3 is 0 Å². The van der Waals surface area contributed by atoms with Gasteiger partial charge < -0.3 is 9.88 Å². The summed E-state index contributed by atoms with van der Waals surface area (Å²) >= 11 is 7.67. The Morgan fingerprint density at radius 2 is 2.23 bits per heavy atom. The number of hydrogen-bond donors (Lipinski definition) is 2. The molecule has 0 saturated heterocycles. The molecule has 0 fully saturated rings. The Balaban J connectivity index is 1.64. The van der Waals surface area contributed by atoms with Crippen molar-refractivity contribution in [2.75, 3.05) is 6.54 Å². The summed E-state index contributed by atoms with van der Waals surface area (Å²) in [7, 11) is 0. The predicted molar refractivity (Wildman–Crippen MR) is 98.4 cm³/mol. The standard InChI is InChI=1S/C17H13ClN6OS/c18-15-9(7-21-23-15)17(25)24-6-5-11-13(20-8-19-11)14(24)16-22-10-3-1-2-4-12(10)26-16/h1-4,7-8,14H,5-6H2,(H,19,20)(H,21,23)/t14-/m0/s1. The van der Waals surface area contributed by atoms with Gasteiger partial charge in [0.1, 0.15) is 16.2 Å². The fraction of sp³-hybridized carbons (Fsp3) is 0.176. The molecule has 2 N–H and O–H groups in total. The number of benzene rings is 1. The second-order valence-corrected chi connectivity index (χ2v) is 7.48. The molecule has 0 saturated carbocycles. The quantitative estimate of drug-likeness (QED) is 0.555. The molecule has 9 heteroatoms.